The van der Waals surface area contributed by atoms with Gasteiger partial charge in [-0.15, -0.1) is 0 Å². The molecule has 4 nitrogen and oxygen atoms in total. The van der Waals surface area contributed by atoms with E-state index in [9.17, 15) is 9.59 Å². The quantitative estimate of drug-likeness (QED) is 0.595. The zero-order valence-electron chi connectivity index (χ0n) is 8.99. The van der Waals surface area contributed by atoms with E-state index in [2.05, 4.69) is 0 Å². The normalized spacial score (nSPS) is 27.3. The number of carbonyl (C=O) groups excluding carboxylic acids is 2. The van der Waals surface area contributed by atoms with Crippen molar-refractivity contribution in [1.29, 1.82) is 0 Å². The summed E-state index contributed by atoms with van der Waals surface area (Å²) in [6, 6.07) is 0. The number of carbonyl (C=O) groups is 2. The van der Waals surface area contributed by atoms with E-state index in [0.717, 1.165) is 0 Å². The predicted octanol–water partition coefficient (Wildman–Crippen LogP) is 1.14. The van der Waals surface area contributed by atoms with E-state index in [1.54, 1.807) is 20.8 Å². The van der Waals surface area contributed by atoms with Crippen LogP contribution in [0.15, 0.2) is 0 Å². The molecular formula is C10H16O4. The fourth-order valence-electron chi connectivity index (χ4n) is 1.07. The Hall–Kier alpha value is -1.06. The van der Waals surface area contributed by atoms with Gasteiger partial charge >= 0.3 is 11.9 Å². The minimum atomic E-state index is -0.721. The molecular weight excluding hydrogens is 184 g/mol. The number of hydrogen-bond donors (Lipinski definition) is 0. The summed E-state index contributed by atoms with van der Waals surface area (Å²) < 4.78 is 9.86. The van der Waals surface area contributed by atoms with Crippen LogP contribution in [0.3, 0.4) is 0 Å². The van der Waals surface area contributed by atoms with Gasteiger partial charge in [0, 0.05) is 5.92 Å². The molecule has 1 rings (SSSR count). The molecule has 80 valence electrons. The van der Waals surface area contributed by atoms with Gasteiger partial charge in [0.15, 0.2) is 0 Å². The van der Waals surface area contributed by atoms with Crippen LogP contribution in [0.1, 0.15) is 27.7 Å². The maximum atomic E-state index is 11.5. The van der Waals surface area contributed by atoms with Gasteiger partial charge in [-0.2, -0.15) is 0 Å². The summed E-state index contributed by atoms with van der Waals surface area (Å²) in [5.41, 5.74) is -0.581. The van der Waals surface area contributed by atoms with Crippen molar-refractivity contribution in [2.24, 2.45) is 11.3 Å². The summed E-state index contributed by atoms with van der Waals surface area (Å²) in [7, 11) is 0. The molecule has 1 aliphatic heterocycles. The molecule has 1 heterocycles. The summed E-state index contributed by atoms with van der Waals surface area (Å²) in [6.07, 6.45) is -0.721. The molecule has 1 aliphatic rings. The number of ether oxygens (including phenoxy) is 2. The highest BCUT2D eigenvalue weighted by molar-refractivity contribution is 5.82. The summed E-state index contributed by atoms with van der Waals surface area (Å²) in [5.74, 6) is -0.850. The molecule has 0 amide bonds. The topological polar surface area (TPSA) is 52.6 Å². The van der Waals surface area contributed by atoms with E-state index in [-0.39, 0.29) is 11.9 Å². The van der Waals surface area contributed by atoms with Crippen molar-refractivity contribution in [2.75, 3.05) is 6.61 Å². The molecule has 0 aromatic heterocycles. The number of esters is 2. The van der Waals surface area contributed by atoms with Gasteiger partial charge in [0.05, 0.1) is 12.0 Å². The lowest BCUT2D eigenvalue weighted by Gasteiger charge is -2.20. The first-order chi connectivity index (χ1) is 6.32. The zero-order valence-corrected chi connectivity index (χ0v) is 8.99. The number of rotatable bonds is 1. The van der Waals surface area contributed by atoms with Gasteiger partial charge in [-0.25, -0.2) is 4.79 Å². The molecule has 4 heteroatoms. The number of hydrogen-bond acceptors (Lipinski definition) is 4. The molecule has 0 saturated carbocycles. The van der Waals surface area contributed by atoms with E-state index in [0.29, 0.717) is 6.61 Å². The second kappa shape index (κ2) is 3.59. The van der Waals surface area contributed by atoms with Gasteiger partial charge in [0.1, 0.15) is 0 Å². The van der Waals surface area contributed by atoms with Gasteiger partial charge in [-0.1, -0.05) is 6.92 Å². The molecule has 2 unspecified atom stereocenters. The van der Waals surface area contributed by atoms with Crippen LogP contribution in [0.2, 0.25) is 0 Å². The zero-order chi connectivity index (χ0) is 10.9. The molecule has 0 aromatic carbocycles. The monoisotopic (exact) mass is 200 g/mol. The van der Waals surface area contributed by atoms with Crippen molar-refractivity contribution in [3.05, 3.63) is 0 Å². The highest BCUT2D eigenvalue weighted by atomic mass is 16.6. The molecule has 1 saturated heterocycles. The molecule has 0 bridgehead atoms. The van der Waals surface area contributed by atoms with E-state index in [4.69, 9.17) is 9.47 Å². The minimum Gasteiger partial charge on any atom is -0.462 e. The van der Waals surface area contributed by atoms with E-state index < -0.39 is 17.5 Å². The van der Waals surface area contributed by atoms with Crippen LogP contribution in [-0.4, -0.2) is 24.6 Å². The summed E-state index contributed by atoms with van der Waals surface area (Å²) in [5, 5.41) is 0. The highest BCUT2D eigenvalue weighted by Crippen LogP contribution is 2.22. The first-order valence-corrected chi connectivity index (χ1v) is 4.70. The molecule has 2 atom stereocenters. The van der Waals surface area contributed by atoms with Crippen LogP contribution in [0.25, 0.3) is 0 Å². The largest absolute Gasteiger partial charge is 0.462 e. The molecule has 0 N–H and O–H groups in total. The van der Waals surface area contributed by atoms with Crippen LogP contribution in [0.5, 0.6) is 0 Å². The van der Waals surface area contributed by atoms with E-state index in [1.165, 1.54) is 0 Å². The predicted molar refractivity (Wildman–Crippen MR) is 49.5 cm³/mol. The summed E-state index contributed by atoms with van der Waals surface area (Å²) in [6.45, 7) is 7.41. The molecule has 0 spiro atoms. The Morgan fingerprint density at radius 2 is 2.07 bits per heavy atom. The third kappa shape index (κ3) is 2.25. The fraction of sp³-hybridized carbons (Fsp3) is 0.800. The molecule has 0 aliphatic carbocycles. The Morgan fingerprint density at radius 1 is 1.50 bits per heavy atom. The lowest BCUT2D eigenvalue weighted by atomic mass is 9.97. The standard InChI is InChI=1S/C10H16O4/c1-6-5-13-8(11)7(6)14-9(12)10(2,3)4/h6-7H,5H2,1-4H3. The number of cyclic esters (lactones) is 1. The Kier molecular flexibility index (Phi) is 2.83. The Balaban J connectivity index is 2.60. The average Bonchev–Trinajstić information content (AvgIpc) is 2.34. The first kappa shape index (κ1) is 11.0. The lowest BCUT2D eigenvalue weighted by molar-refractivity contribution is -0.167. The third-order valence-electron chi connectivity index (χ3n) is 2.08. The molecule has 0 radical (unpaired) electrons. The maximum absolute atomic E-state index is 11.5. The van der Waals surface area contributed by atoms with Crippen molar-refractivity contribution in [3.63, 3.8) is 0 Å². The van der Waals surface area contributed by atoms with Crippen LogP contribution >= 0.6 is 0 Å². The van der Waals surface area contributed by atoms with Gasteiger partial charge in [-0.3, -0.25) is 4.79 Å². The highest BCUT2D eigenvalue weighted by Gasteiger charge is 2.39. The van der Waals surface area contributed by atoms with E-state index in [1.807, 2.05) is 6.92 Å². The van der Waals surface area contributed by atoms with Crippen molar-refractivity contribution in [3.8, 4) is 0 Å². The van der Waals surface area contributed by atoms with Gasteiger partial charge in [0.2, 0.25) is 6.10 Å². The van der Waals surface area contributed by atoms with Crippen LogP contribution < -0.4 is 0 Å². The van der Waals surface area contributed by atoms with Crippen LogP contribution in [0, 0.1) is 11.3 Å². The Morgan fingerprint density at radius 3 is 2.43 bits per heavy atom. The van der Waals surface area contributed by atoms with E-state index >= 15 is 0 Å². The first-order valence-electron chi connectivity index (χ1n) is 4.70. The lowest BCUT2D eigenvalue weighted by Crippen LogP contribution is -2.33. The van der Waals surface area contributed by atoms with Gasteiger partial charge in [-0.05, 0) is 20.8 Å². The maximum Gasteiger partial charge on any atom is 0.347 e. The molecule has 1 fully saturated rings. The average molecular weight is 200 g/mol. The molecule has 14 heavy (non-hydrogen) atoms. The smallest absolute Gasteiger partial charge is 0.347 e. The third-order valence-corrected chi connectivity index (χ3v) is 2.08. The van der Waals surface area contributed by atoms with Crippen molar-refractivity contribution in [1.82, 2.24) is 0 Å². The summed E-state index contributed by atoms with van der Waals surface area (Å²) in [4.78, 5) is 22.6. The summed E-state index contributed by atoms with van der Waals surface area (Å²) >= 11 is 0. The SMILES string of the molecule is CC1COC(=O)C1OC(=O)C(C)(C)C. The van der Waals surface area contributed by atoms with Crippen molar-refractivity contribution >= 4 is 11.9 Å². The second-order valence-corrected chi connectivity index (χ2v) is 4.68. The molecule has 0 aromatic rings. The van der Waals surface area contributed by atoms with Crippen LogP contribution in [-0.2, 0) is 19.1 Å². The van der Waals surface area contributed by atoms with Gasteiger partial charge in [0.25, 0.3) is 0 Å². The van der Waals surface area contributed by atoms with Gasteiger partial charge < -0.3 is 9.47 Å². The fourth-order valence-corrected chi connectivity index (χ4v) is 1.07. The minimum absolute atomic E-state index is 0.0474. The second-order valence-electron chi connectivity index (χ2n) is 4.68. The Labute approximate surface area is 83.6 Å². The van der Waals surface area contributed by atoms with Crippen molar-refractivity contribution in [2.45, 2.75) is 33.8 Å². The van der Waals surface area contributed by atoms with Crippen LogP contribution in [0.4, 0.5) is 0 Å². The Bertz CT molecular complexity index is 251. The van der Waals surface area contributed by atoms with Crippen molar-refractivity contribution < 1.29 is 19.1 Å².